The minimum atomic E-state index is -4.97. The van der Waals surface area contributed by atoms with Crippen molar-refractivity contribution in [2.75, 3.05) is 6.61 Å². The van der Waals surface area contributed by atoms with Gasteiger partial charge in [-0.25, -0.2) is 0 Å². The summed E-state index contributed by atoms with van der Waals surface area (Å²) in [6, 6.07) is 2.54. The maximum absolute atomic E-state index is 11.8. The van der Waals surface area contributed by atoms with Crippen LogP contribution >= 0.6 is 0 Å². The highest BCUT2D eigenvalue weighted by atomic mass is 32.2. The maximum Gasteiger partial charge on any atom is 0.573 e. The Balaban J connectivity index is 2.82. The van der Waals surface area contributed by atoms with Crippen LogP contribution in [0, 0.1) is 0 Å². The predicted molar refractivity (Wildman–Crippen MR) is 52.3 cm³/mol. The van der Waals surface area contributed by atoms with Gasteiger partial charge in [-0.15, -0.1) is 13.2 Å². The van der Waals surface area contributed by atoms with Crippen molar-refractivity contribution < 1.29 is 43.7 Å². The Morgan fingerprint density at radius 3 is 1.85 bits per heavy atom. The van der Waals surface area contributed by atoms with Gasteiger partial charge in [0.1, 0.15) is 5.75 Å². The molecule has 1 aromatic carbocycles. The van der Waals surface area contributed by atoms with E-state index in [1.807, 2.05) is 0 Å². The highest BCUT2D eigenvalue weighted by Gasteiger charge is 2.32. The standard InChI is InChI=1S/C9H6F6O4S/c10-8(11,12)5-18-20(16,17)7-3-1-6(2-4-7)19-9(13,14)15/h1-4H,5H2. The molecule has 20 heavy (non-hydrogen) atoms. The second kappa shape index (κ2) is 5.48. The molecule has 0 saturated heterocycles. The van der Waals surface area contributed by atoms with Crippen molar-refractivity contribution >= 4 is 10.1 Å². The lowest BCUT2D eigenvalue weighted by Crippen LogP contribution is -2.20. The Labute approximate surface area is 109 Å². The molecule has 0 aliphatic heterocycles. The van der Waals surface area contributed by atoms with Crippen LogP contribution in [0.15, 0.2) is 29.2 Å². The first-order valence-electron chi connectivity index (χ1n) is 4.71. The summed E-state index contributed by atoms with van der Waals surface area (Å²) >= 11 is 0. The van der Waals surface area contributed by atoms with Crippen molar-refractivity contribution in [3.05, 3.63) is 24.3 Å². The van der Waals surface area contributed by atoms with Crippen molar-refractivity contribution in [2.45, 2.75) is 17.4 Å². The molecule has 0 fully saturated rings. The summed E-state index contributed by atoms with van der Waals surface area (Å²) in [6.45, 7) is -2.03. The molecule has 1 aromatic rings. The fourth-order valence-corrected chi connectivity index (χ4v) is 1.91. The molecule has 0 atom stereocenters. The molecule has 1 rings (SSSR count). The van der Waals surface area contributed by atoms with Gasteiger partial charge in [-0.05, 0) is 24.3 Å². The molecule has 11 heteroatoms. The van der Waals surface area contributed by atoms with Crippen LogP contribution in [0.25, 0.3) is 0 Å². The van der Waals surface area contributed by atoms with Crippen molar-refractivity contribution in [3.63, 3.8) is 0 Å². The van der Waals surface area contributed by atoms with Gasteiger partial charge in [0.2, 0.25) is 0 Å². The van der Waals surface area contributed by atoms with Gasteiger partial charge < -0.3 is 4.74 Å². The first-order chi connectivity index (χ1) is 8.89. The first kappa shape index (κ1) is 16.6. The number of ether oxygens (including phenoxy) is 1. The number of halogens is 6. The van der Waals surface area contributed by atoms with Crippen LogP contribution in [0.5, 0.6) is 5.75 Å². The third-order valence-corrected chi connectivity index (χ3v) is 3.00. The van der Waals surface area contributed by atoms with E-state index in [0.717, 1.165) is 0 Å². The fourth-order valence-electron chi connectivity index (χ4n) is 1.02. The largest absolute Gasteiger partial charge is 0.573 e. The smallest absolute Gasteiger partial charge is 0.406 e. The van der Waals surface area contributed by atoms with Crippen LogP contribution < -0.4 is 4.74 Å². The minimum absolute atomic E-state index is 0.632. The lowest BCUT2D eigenvalue weighted by atomic mass is 10.3. The Hall–Kier alpha value is -1.49. The third kappa shape index (κ3) is 5.65. The fraction of sp³-hybridized carbons (Fsp3) is 0.333. The Morgan fingerprint density at radius 1 is 0.950 bits per heavy atom. The summed E-state index contributed by atoms with van der Waals surface area (Å²) in [5.41, 5.74) is 0. The first-order valence-corrected chi connectivity index (χ1v) is 6.12. The average Bonchev–Trinajstić information content (AvgIpc) is 2.24. The van der Waals surface area contributed by atoms with Crippen molar-refractivity contribution in [2.24, 2.45) is 0 Å². The van der Waals surface area contributed by atoms with Crippen LogP contribution in [-0.2, 0) is 14.3 Å². The van der Waals surface area contributed by atoms with E-state index in [2.05, 4.69) is 8.92 Å². The molecular formula is C9H6F6O4S. The SMILES string of the molecule is O=S(=O)(OCC(F)(F)F)c1ccc(OC(F)(F)F)cc1. The lowest BCUT2D eigenvalue weighted by molar-refractivity contribution is -0.274. The van der Waals surface area contributed by atoms with Crippen LogP contribution in [0.1, 0.15) is 0 Å². The van der Waals surface area contributed by atoms with Crippen LogP contribution in [-0.4, -0.2) is 27.6 Å². The zero-order valence-corrected chi connectivity index (χ0v) is 10.1. The van der Waals surface area contributed by atoms with Gasteiger partial charge in [0.25, 0.3) is 10.1 Å². The van der Waals surface area contributed by atoms with Gasteiger partial charge in [0.05, 0.1) is 4.90 Å². The Bertz CT molecular complexity index is 545. The van der Waals surface area contributed by atoms with Crippen molar-refractivity contribution in [1.29, 1.82) is 0 Å². The molecule has 0 saturated carbocycles. The highest BCUT2D eigenvalue weighted by Crippen LogP contribution is 2.25. The number of hydrogen-bond donors (Lipinski definition) is 0. The van der Waals surface area contributed by atoms with E-state index < -0.39 is 39.9 Å². The summed E-state index contributed by atoms with van der Waals surface area (Å²) in [5, 5.41) is 0. The normalized spacial score (nSPS) is 13.3. The summed E-state index contributed by atoms with van der Waals surface area (Å²) in [4.78, 5) is -0.726. The third-order valence-electron chi connectivity index (χ3n) is 1.72. The summed E-state index contributed by atoms with van der Waals surface area (Å²) in [6.07, 6.45) is -9.82. The van der Waals surface area contributed by atoms with Gasteiger partial charge in [0, 0.05) is 0 Å². The van der Waals surface area contributed by atoms with Gasteiger partial charge in [-0.3, -0.25) is 4.18 Å². The molecule has 114 valence electrons. The number of rotatable bonds is 4. The van der Waals surface area contributed by atoms with E-state index in [1.54, 1.807) is 0 Å². The molecule has 0 N–H and O–H groups in total. The molecule has 0 radical (unpaired) electrons. The molecule has 0 aliphatic carbocycles. The van der Waals surface area contributed by atoms with E-state index >= 15 is 0 Å². The van der Waals surface area contributed by atoms with Gasteiger partial charge in [-0.2, -0.15) is 21.6 Å². The van der Waals surface area contributed by atoms with Crippen molar-refractivity contribution in [3.8, 4) is 5.75 Å². The molecular weight excluding hydrogens is 318 g/mol. The second-order valence-electron chi connectivity index (χ2n) is 3.35. The molecule has 0 heterocycles. The summed E-state index contributed by atoms with van der Waals surface area (Å²) in [5.74, 6) is -0.715. The van der Waals surface area contributed by atoms with E-state index in [-0.39, 0.29) is 0 Å². The van der Waals surface area contributed by atoms with Gasteiger partial charge >= 0.3 is 12.5 Å². The molecule has 0 bridgehead atoms. The minimum Gasteiger partial charge on any atom is -0.406 e. The molecule has 4 nitrogen and oxygen atoms in total. The zero-order chi connectivity index (χ0) is 15.6. The van der Waals surface area contributed by atoms with E-state index in [9.17, 15) is 34.8 Å². The van der Waals surface area contributed by atoms with Crippen LogP contribution in [0.2, 0.25) is 0 Å². The zero-order valence-electron chi connectivity index (χ0n) is 9.33. The maximum atomic E-state index is 11.8. The highest BCUT2D eigenvalue weighted by molar-refractivity contribution is 7.86. The molecule has 0 aromatic heterocycles. The van der Waals surface area contributed by atoms with Gasteiger partial charge in [-0.1, -0.05) is 0 Å². The van der Waals surface area contributed by atoms with Crippen molar-refractivity contribution in [1.82, 2.24) is 0 Å². The van der Waals surface area contributed by atoms with E-state index in [1.165, 1.54) is 0 Å². The molecule has 0 amide bonds. The van der Waals surface area contributed by atoms with E-state index in [4.69, 9.17) is 0 Å². The molecule has 0 unspecified atom stereocenters. The number of alkyl halides is 6. The predicted octanol–water partition coefficient (Wildman–Crippen LogP) is 2.85. The second-order valence-corrected chi connectivity index (χ2v) is 4.97. The Morgan fingerprint density at radius 2 is 1.45 bits per heavy atom. The average molecular weight is 324 g/mol. The summed E-state index contributed by atoms with van der Waals surface area (Å²) < 4.78 is 101. The van der Waals surface area contributed by atoms with E-state index in [0.29, 0.717) is 24.3 Å². The topological polar surface area (TPSA) is 52.6 Å². The monoisotopic (exact) mass is 324 g/mol. The van der Waals surface area contributed by atoms with Gasteiger partial charge in [0.15, 0.2) is 6.61 Å². The van der Waals surface area contributed by atoms with Crippen LogP contribution in [0.3, 0.4) is 0 Å². The lowest BCUT2D eigenvalue weighted by Gasteiger charge is -2.10. The molecule has 0 aliphatic rings. The number of benzene rings is 1. The van der Waals surface area contributed by atoms with Crippen LogP contribution in [0.4, 0.5) is 26.3 Å². The quantitative estimate of drug-likeness (QED) is 0.631. The number of hydrogen-bond acceptors (Lipinski definition) is 4. The summed E-state index contributed by atoms with van der Waals surface area (Å²) in [7, 11) is -4.71. The molecule has 0 spiro atoms. The Kier molecular flexibility index (Phi) is 4.54.